The predicted molar refractivity (Wildman–Crippen MR) is 103 cm³/mol. The van der Waals surface area contributed by atoms with Crippen molar-refractivity contribution in [3.8, 4) is 5.75 Å². The second-order valence-corrected chi connectivity index (χ2v) is 8.66. The molecule has 6 nitrogen and oxygen atoms in total. The highest BCUT2D eigenvalue weighted by Crippen LogP contribution is 2.44. The summed E-state index contributed by atoms with van der Waals surface area (Å²) in [5.74, 6) is 2.90. The summed E-state index contributed by atoms with van der Waals surface area (Å²) < 4.78 is 11.2. The summed E-state index contributed by atoms with van der Waals surface area (Å²) in [7, 11) is 0. The Morgan fingerprint density at radius 3 is 3.00 bits per heavy atom. The van der Waals surface area contributed by atoms with Gasteiger partial charge in [-0.15, -0.1) is 10.2 Å². The van der Waals surface area contributed by atoms with Crippen molar-refractivity contribution in [1.82, 2.24) is 15.5 Å². The number of hydrogen-bond donors (Lipinski definition) is 1. The molecule has 0 aliphatic heterocycles. The second-order valence-electron chi connectivity index (χ2n) is 7.30. The number of benzene rings is 1. The summed E-state index contributed by atoms with van der Waals surface area (Å²) in [5.41, 5.74) is 0.939. The molecule has 4 rings (SSSR count). The lowest BCUT2D eigenvalue weighted by atomic mass is 9.95. The summed E-state index contributed by atoms with van der Waals surface area (Å²) in [6.45, 7) is 2.10. The molecule has 2 fully saturated rings. The summed E-state index contributed by atoms with van der Waals surface area (Å²) in [4.78, 5) is 12.2. The molecule has 144 valence electrons. The van der Waals surface area contributed by atoms with Gasteiger partial charge in [-0.1, -0.05) is 29.8 Å². The van der Waals surface area contributed by atoms with Gasteiger partial charge in [0.2, 0.25) is 5.91 Å². The molecule has 2 saturated carbocycles. The van der Waals surface area contributed by atoms with Crippen LogP contribution in [0, 0.1) is 18.8 Å². The van der Waals surface area contributed by atoms with Gasteiger partial charge in [0, 0.05) is 11.1 Å². The summed E-state index contributed by atoms with van der Waals surface area (Å²) >= 11 is 7.19. The van der Waals surface area contributed by atoms with Gasteiger partial charge >= 0.3 is 0 Å². The number of halogens is 1. The van der Waals surface area contributed by atoms with Crippen molar-refractivity contribution in [3.05, 3.63) is 34.7 Å². The van der Waals surface area contributed by atoms with E-state index < -0.39 is 0 Å². The van der Waals surface area contributed by atoms with Crippen LogP contribution in [-0.2, 0) is 11.4 Å². The highest BCUT2D eigenvalue weighted by molar-refractivity contribution is 7.99. The molecule has 1 N–H and O–H groups in total. The van der Waals surface area contributed by atoms with Gasteiger partial charge in [0.05, 0.1) is 5.75 Å². The summed E-state index contributed by atoms with van der Waals surface area (Å²) in [5, 5.41) is 12.1. The third-order valence-electron chi connectivity index (χ3n) is 5.35. The molecule has 0 spiro atoms. The Kier molecular flexibility index (Phi) is 5.59. The van der Waals surface area contributed by atoms with Crippen molar-refractivity contribution in [2.45, 2.75) is 50.5 Å². The number of carbonyl (C=O) groups excluding carboxylic acids is 1. The van der Waals surface area contributed by atoms with Crippen molar-refractivity contribution < 1.29 is 13.9 Å². The first-order chi connectivity index (χ1) is 13.1. The molecule has 1 amide bonds. The van der Waals surface area contributed by atoms with Crippen LogP contribution in [0.4, 0.5) is 0 Å². The zero-order chi connectivity index (χ0) is 18.8. The maximum absolute atomic E-state index is 12.2. The van der Waals surface area contributed by atoms with Gasteiger partial charge < -0.3 is 14.5 Å². The molecule has 8 heteroatoms. The minimum atomic E-state index is 0.0327. The van der Waals surface area contributed by atoms with Gasteiger partial charge in [-0.2, -0.15) is 0 Å². The van der Waals surface area contributed by atoms with Crippen LogP contribution in [0.1, 0.15) is 37.1 Å². The van der Waals surface area contributed by atoms with Gasteiger partial charge in [0.15, 0.2) is 6.61 Å². The van der Waals surface area contributed by atoms with Crippen molar-refractivity contribution in [1.29, 1.82) is 0 Å². The Hall–Kier alpha value is -1.73. The molecule has 0 saturated heterocycles. The number of aryl methyl sites for hydroxylation is 1. The van der Waals surface area contributed by atoms with Gasteiger partial charge in [-0.3, -0.25) is 4.79 Å². The van der Waals surface area contributed by atoms with Crippen LogP contribution in [0.15, 0.2) is 27.8 Å². The van der Waals surface area contributed by atoms with E-state index in [0.29, 0.717) is 28.1 Å². The number of aromatic nitrogens is 2. The number of ether oxygens (including phenoxy) is 1. The Morgan fingerprint density at radius 2 is 2.26 bits per heavy atom. The minimum Gasteiger partial charge on any atom is -0.484 e. The summed E-state index contributed by atoms with van der Waals surface area (Å²) in [6.07, 6.45) is 4.99. The maximum atomic E-state index is 12.2. The van der Waals surface area contributed by atoms with Crippen LogP contribution >= 0.6 is 23.4 Å². The first-order valence-electron chi connectivity index (χ1n) is 9.20. The molecular weight excluding hydrogens is 386 g/mol. The quantitative estimate of drug-likeness (QED) is 0.699. The normalized spacial score (nSPS) is 23.6. The van der Waals surface area contributed by atoms with Gasteiger partial charge in [-0.25, -0.2) is 0 Å². The van der Waals surface area contributed by atoms with Crippen molar-refractivity contribution >= 4 is 29.3 Å². The van der Waals surface area contributed by atoms with Crippen LogP contribution in [0.25, 0.3) is 0 Å². The van der Waals surface area contributed by atoms with Crippen molar-refractivity contribution in [2.75, 3.05) is 5.75 Å². The number of carbonyl (C=O) groups is 1. The van der Waals surface area contributed by atoms with E-state index in [2.05, 4.69) is 15.5 Å². The van der Waals surface area contributed by atoms with E-state index in [9.17, 15) is 4.79 Å². The number of fused-ring (bicyclic) bond motifs is 2. The minimum absolute atomic E-state index is 0.0327. The summed E-state index contributed by atoms with van der Waals surface area (Å²) in [6, 6.07) is 5.77. The molecule has 1 aromatic carbocycles. The molecule has 3 atom stereocenters. The van der Waals surface area contributed by atoms with Crippen LogP contribution in [0.5, 0.6) is 5.75 Å². The molecule has 1 heterocycles. The highest BCUT2D eigenvalue weighted by Gasteiger charge is 2.40. The molecule has 2 aliphatic carbocycles. The van der Waals surface area contributed by atoms with Crippen LogP contribution < -0.4 is 10.1 Å². The molecular formula is C19H22ClN3O3S. The van der Waals surface area contributed by atoms with E-state index >= 15 is 0 Å². The Balaban J connectivity index is 1.22. The first-order valence-corrected chi connectivity index (χ1v) is 10.6. The lowest BCUT2D eigenvalue weighted by molar-refractivity contribution is -0.119. The number of nitrogens with zero attached hydrogens (tertiary/aromatic N) is 2. The van der Waals surface area contributed by atoms with E-state index in [1.54, 1.807) is 6.07 Å². The smallest absolute Gasteiger partial charge is 0.277 e. The third kappa shape index (κ3) is 4.58. The fraction of sp³-hybridized carbons (Fsp3) is 0.526. The molecule has 27 heavy (non-hydrogen) atoms. The number of thioether (sulfide) groups is 1. The van der Waals surface area contributed by atoms with Crippen LogP contribution in [0.2, 0.25) is 5.02 Å². The maximum Gasteiger partial charge on any atom is 0.277 e. The third-order valence-corrected chi connectivity index (χ3v) is 6.40. The number of hydrogen-bond acceptors (Lipinski definition) is 6. The highest BCUT2D eigenvalue weighted by atomic mass is 35.5. The largest absolute Gasteiger partial charge is 0.484 e. The molecule has 1 aromatic heterocycles. The van der Waals surface area contributed by atoms with E-state index in [0.717, 1.165) is 23.7 Å². The molecule has 2 aliphatic rings. The monoisotopic (exact) mass is 407 g/mol. The Morgan fingerprint density at radius 1 is 1.37 bits per heavy atom. The van der Waals surface area contributed by atoms with Crippen LogP contribution in [0.3, 0.4) is 0 Å². The van der Waals surface area contributed by atoms with Crippen molar-refractivity contribution in [2.24, 2.45) is 11.8 Å². The van der Waals surface area contributed by atoms with E-state index in [4.69, 9.17) is 20.8 Å². The molecule has 0 radical (unpaired) electrons. The SMILES string of the molecule is Cc1cc(Cl)ccc1OCc1nnc(SCC(=O)N[C@H]2C[C@@H]3CC[C@@H]2C3)o1. The van der Waals surface area contributed by atoms with E-state index in [1.807, 2.05) is 19.1 Å². The first kappa shape index (κ1) is 18.6. The van der Waals surface area contributed by atoms with Gasteiger partial charge in [0.25, 0.3) is 11.1 Å². The van der Waals surface area contributed by atoms with Crippen LogP contribution in [-0.4, -0.2) is 27.9 Å². The lowest BCUT2D eigenvalue weighted by Gasteiger charge is -2.22. The van der Waals surface area contributed by atoms with E-state index in [1.165, 1.54) is 31.0 Å². The average Bonchev–Trinajstić information content (AvgIpc) is 3.36. The zero-order valence-corrected chi connectivity index (χ0v) is 16.7. The Labute approximate surface area is 167 Å². The number of rotatable bonds is 7. The predicted octanol–water partition coefficient (Wildman–Crippen LogP) is 4.01. The number of nitrogens with one attached hydrogen (secondary N) is 1. The van der Waals surface area contributed by atoms with Crippen molar-refractivity contribution in [3.63, 3.8) is 0 Å². The molecule has 0 unspecified atom stereocenters. The zero-order valence-electron chi connectivity index (χ0n) is 15.1. The lowest BCUT2D eigenvalue weighted by Crippen LogP contribution is -2.39. The standard InChI is InChI=1S/C19H22ClN3O3S/c1-11-6-14(20)4-5-16(11)25-9-18-22-23-19(26-18)27-10-17(24)21-15-8-12-2-3-13(15)7-12/h4-6,12-13,15H,2-3,7-10H2,1H3,(H,21,24)/t12-,13-,15+/m1/s1. The van der Waals surface area contributed by atoms with Gasteiger partial charge in [0.1, 0.15) is 5.75 Å². The fourth-order valence-corrected chi connectivity index (χ4v) is 4.88. The second kappa shape index (κ2) is 8.10. The fourth-order valence-electron chi connectivity index (χ4n) is 4.07. The van der Waals surface area contributed by atoms with Gasteiger partial charge in [-0.05, 0) is 61.8 Å². The average molecular weight is 408 g/mol. The molecule has 2 aromatic rings. The Bertz CT molecular complexity index is 828. The molecule has 2 bridgehead atoms. The van der Waals surface area contributed by atoms with E-state index in [-0.39, 0.29) is 18.3 Å². The number of amides is 1. The topological polar surface area (TPSA) is 77.2 Å².